The fourth-order valence-corrected chi connectivity index (χ4v) is 1.72. The fraction of sp³-hybridized carbons (Fsp3) is 0.625. The highest BCUT2D eigenvalue weighted by Gasteiger charge is 2.20. The van der Waals surface area contributed by atoms with Crippen LogP contribution in [0.3, 0.4) is 0 Å². The fourth-order valence-electron chi connectivity index (χ4n) is 1.13. The number of thiazole rings is 1. The van der Waals surface area contributed by atoms with Gasteiger partial charge in [-0.2, -0.15) is 0 Å². The third-order valence-corrected chi connectivity index (χ3v) is 2.73. The molecule has 1 heterocycles. The molecule has 0 unspecified atom stereocenters. The van der Waals surface area contributed by atoms with Crippen LogP contribution < -0.4 is 10.2 Å². The number of aromatic nitrogens is 1. The quantitative estimate of drug-likeness (QED) is 0.731. The van der Waals surface area contributed by atoms with Crippen LogP contribution in [0.1, 0.15) is 18.5 Å². The molecule has 2 rings (SSSR count). The van der Waals surface area contributed by atoms with Gasteiger partial charge in [-0.05, 0) is 25.3 Å². The molecule has 2 N–H and O–H groups in total. The molecule has 1 aliphatic carbocycles. The molecule has 66 valence electrons. The smallest absolute Gasteiger partial charge is 0.304 e. The molecule has 1 aromatic heterocycles. The van der Waals surface area contributed by atoms with Gasteiger partial charge in [0.15, 0.2) is 0 Å². The number of hydrogen-bond donors (Lipinski definition) is 2. The second-order valence-electron chi connectivity index (χ2n) is 3.25. The summed E-state index contributed by atoms with van der Waals surface area (Å²) in [5, 5.41) is 5.19. The zero-order valence-corrected chi connectivity index (χ0v) is 7.62. The van der Waals surface area contributed by atoms with Gasteiger partial charge in [0.05, 0.1) is 0 Å². The van der Waals surface area contributed by atoms with E-state index >= 15 is 0 Å². The van der Waals surface area contributed by atoms with Crippen molar-refractivity contribution in [2.75, 3.05) is 6.54 Å². The lowest BCUT2D eigenvalue weighted by atomic mass is 10.4. The van der Waals surface area contributed by atoms with Crippen molar-refractivity contribution >= 4 is 11.3 Å². The highest BCUT2D eigenvalue weighted by molar-refractivity contribution is 7.07. The van der Waals surface area contributed by atoms with Crippen LogP contribution >= 0.6 is 11.3 Å². The Hall–Kier alpha value is -0.610. The van der Waals surface area contributed by atoms with E-state index in [4.69, 9.17) is 0 Å². The van der Waals surface area contributed by atoms with Crippen LogP contribution in [-0.2, 0) is 6.54 Å². The summed E-state index contributed by atoms with van der Waals surface area (Å²) in [7, 11) is 0. The van der Waals surface area contributed by atoms with E-state index in [1.807, 2.05) is 5.38 Å². The number of hydrogen-bond acceptors (Lipinski definition) is 3. The van der Waals surface area contributed by atoms with Crippen molar-refractivity contribution in [1.29, 1.82) is 0 Å². The molecule has 0 atom stereocenters. The van der Waals surface area contributed by atoms with Crippen LogP contribution in [0.2, 0.25) is 0 Å². The molecule has 0 spiro atoms. The van der Waals surface area contributed by atoms with Gasteiger partial charge in [0.1, 0.15) is 0 Å². The van der Waals surface area contributed by atoms with Gasteiger partial charge in [-0.3, -0.25) is 4.79 Å². The van der Waals surface area contributed by atoms with E-state index in [0.29, 0.717) is 0 Å². The van der Waals surface area contributed by atoms with Crippen LogP contribution in [0.4, 0.5) is 0 Å². The minimum Gasteiger partial charge on any atom is -0.315 e. The highest BCUT2D eigenvalue weighted by Crippen LogP contribution is 2.27. The predicted octanol–water partition coefficient (Wildman–Crippen LogP) is 0.936. The Morgan fingerprint density at radius 2 is 2.50 bits per heavy atom. The van der Waals surface area contributed by atoms with Crippen molar-refractivity contribution in [2.45, 2.75) is 19.4 Å². The molecular weight excluding hydrogens is 172 g/mol. The Labute approximate surface area is 74.8 Å². The molecule has 0 aliphatic heterocycles. The first-order chi connectivity index (χ1) is 5.84. The summed E-state index contributed by atoms with van der Waals surface area (Å²) in [6.07, 6.45) is 2.74. The van der Waals surface area contributed by atoms with Crippen LogP contribution in [0.25, 0.3) is 0 Å². The van der Waals surface area contributed by atoms with E-state index in [2.05, 4.69) is 10.3 Å². The molecular formula is C8H12N2OS. The number of nitrogens with one attached hydrogen (secondary N) is 2. The van der Waals surface area contributed by atoms with Crippen LogP contribution in [-0.4, -0.2) is 11.5 Å². The molecule has 1 aliphatic rings. The summed E-state index contributed by atoms with van der Waals surface area (Å²) < 4.78 is 0. The minimum atomic E-state index is 0.0400. The largest absolute Gasteiger partial charge is 0.315 e. The highest BCUT2D eigenvalue weighted by atomic mass is 32.1. The van der Waals surface area contributed by atoms with Crippen molar-refractivity contribution < 1.29 is 0 Å². The van der Waals surface area contributed by atoms with E-state index in [0.717, 1.165) is 24.7 Å². The monoisotopic (exact) mass is 184 g/mol. The first-order valence-electron chi connectivity index (χ1n) is 4.22. The third kappa shape index (κ3) is 2.19. The lowest BCUT2D eigenvalue weighted by Gasteiger charge is -1.99. The number of rotatable bonds is 4. The summed E-state index contributed by atoms with van der Waals surface area (Å²) in [6.45, 7) is 1.90. The first kappa shape index (κ1) is 8.01. The molecule has 0 saturated heterocycles. The molecule has 0 radical (unpaired) electrons. The summed E-state index contributed by atoms with van der Waals surface area (Å²) in [5.41, 5.74) is 1.01. The van der Waals surface area contributed by atoms with E-state index < -0.39 is 0 Å². The summed E-state index contributed by atoms with van der Waals surface area (Å²) >= 11 is 1.23. The summed E-state index contributed by atoms with van der Waals surface area (Å²) in [6, 6.07) is 0. The molecule has 1 saturated carbocycles. The minimum absolute atomic E-state index is 0.0400. The van der Waals surface area contributed by atoms with Gasteiger partial charge in [0.2, 0.25) is 0 Å². The van der Waals surface area contributed by atoms with Gasteiger partial charge in [-0.1, -0.05) is 11.3 Å². The maximum absolute atomic E-state index is 10.7. The van der Waals surface area contributed by atoms with E-state index in [1.165, 1.54) is 24.2 Å². The van der Waals surface area contributed by atoms with Crippen molar-refractivity contribution in [3.05, 3.63) is 20.7 Å². The lowest BCUT2D eigenvalue weighted by molar-refractivity contribution is 0.631. The molecule has 1 fully saturated rings. The van der Waals surface area contributed by atoms with E-state index in [-0.39, 0.29) is 4.87 Å². The normalized spacial score (nSPS) is 16.7. The zero-order chi connectivity index (χ0) is 8.39. The molecule has 1 aromatic rings. The van der Waals surface area contributed by atoms with Crippen LogP contribution in [0.5, 0.6) is 0 Å². The zero-order valence-electron chi connectivity index (χ0n) is 6.80. The van der Waals surface area contributed by atoms with E-state index in [1.54, 1.807) is 0 Å². The van der Waals surface area contributed by atoms with Gasteiger partial charge < -0.3 is 10.3 Å². The molecule has 12 heavy (non-hydrogen) atoms. The Morgan fingerprint density at radius 1 is 1.67 bits per heavy atom. The molecule has 0 amide bonds. The van der Waals surface area contributed by atoms with Crippen molar-refractivity contribution in [2.24, 2.45) is 5.92 Å². The Bertz CT molecular complexity index is 300. The Balaban J connectivity index is 1.75. The summed E-state index contributed by atoms with van der Waals surface area (Å²) in [5.74, 6) is 0.898. The Kier molecular flexibility index (Phi) is 2.28. The molecule has 3 nitrogen and oxygen atoms in total. The predicted molar refractivity (Wildman–Crippen MR) is 49.4 cm³/mol. The number of H-pyrrole nitrogens is 1. The van der Waals surface area contributed by atoms with Crippen molar-refractivity contribution in [3.63, 3.8) is 0 Å². The van der Waals surface area contributed by atoms with Crippen LogP contribution in [0.15, 0.2) is 10.2 Å². The lowest BCUT2D eigenvalue weighted by Crippen LogP contribution is -2.16. The van der Waals surface area contributed by atoms with Gasteiger partial charge in [0.25, 0.3) is 0 Å². The second-order valence-corrected chi connectivity index (χ2v) is 4.09. The Morgan fingerprint density at radius 3 is 3.08 bits per heavy atom. The molecule has 0 aromatic carbocycles. The third-order valence-electron chi connectivity index (χ3n) is 2.02. The SMILES string of the molecule is O=c1[nH]c(CNCC2CC2)cs1. The van der Waals surface area contributed by atoms with Gasteiger partial charge in [0, 0.05) is 17.6 Å². The average Bonchev–Trinajstić information content (AvgIpc) is 2.76. The topological polar surface area (TPSA) is 44.9 Å². The van der Waals surface area contributed by atoms with Crippen molar-refractivity contribution in [1.82, 2.24) is 10.3 Å². The van der Waals surface area contributed by atoms with E-state index in [9.17, 15) is 4.79 Å². The van der Waals surface area contributed by atoms with Gasteiger partial charge in [-0.25, -0.2) is 0 Å². The maximum Gasteiger partial charge on any atom is 0.304 e. The maximum atomic E-state index is 10.7. The molecule has 0 bridgehead atoms. The van der Waals surface area contributed by atoms with Gasteiger partial charge >= 0.3 is 4.87 Å². The summed E-state index contributed by atoms with van der Waals surface area (Å²) in [4.78, 5) is 13.5. The number of aromatic amines is 1. The second kappa shape index (κ2) is 3.41. The molecule has 4 heteroatoms. The van der Waals surface area contributed by atoms with Gasteiger partial charge in [-0.15, -0.1) is 0 Å². The van der Waals surface area contributed by atoms with Crippen molar-refractivity contribution in [3.8, 4) is 0 Å². The standard InChI is InChI=1S/C8H12N2OS/c11-8-10-7(5-12-8)4-9-3-6-1-2-6/h5-6,9H,1-4H2,(H,10,11). The average molecular weight is 184 g/mol. The van der Waals surface area contributed by atoms with Crippen LogP contribution in [0, 0.1) is 5.92 Å². The first-order valence-corrected chi connectivity index (χ1v) is 5.10.